The zero-order valence-corrected chi connectivity index (χ0v) is 8.93. The lowest BCUT2D eigenvalue weighted by Crippen LogP contribution is -2.27. The zero-order chi connectivity index (χ0) is 10.3. The molecule has 1 aromatic carbocycles. The van der Waals surface area contributed by atoms with Crippen LogP contribution in [0.25, 0.3) is 0 Å². The first kappa shape index (κ1) is 8.77. The first-order chi connectivity index (χ1) is 7.34. The Hall–Kier alpha value is -1.51. The third-order valence-electron chi connectivity index (χ3n) is 3.18. The van der Waals surface area contributed by atoms with E-state index in [2.05, 4.69) is 47.2 Å². The summed E-state index contributed by atoms with van der Waals surface area (Å²) in [6, 6.07) is 10.9. The summed E-state index contributed by atoms with van der Waals surface area (Å²) in [6.45, 7) is 3.28. The van der Waals surface area contributed by atoms with E-state index in [0.29, 0.717) is 6.04 Å². The number of nitrogens with zero attached hydrogens (tertiary/aromatic N) is 3. The van der Waals surface area contributed by atoms with Gasteiger partial charge >= 0.3 is 0 Å². The highest BCUT2D eigenvalue weighted by Crippen LogP contribution is 2.27. The average molecular weight is 201 g/mol. The van der Waals surface area contributed by atoms with Gasteiger partial charge in [0.05, 0.1) is 6.04 Å². The van der Waals surface area contributed by atoms with E-state index in [-0.39, 0.29) is 0 Å². The van der Waals surface area contributed by atoms with Gasteiger partial charge < -0.3 is 9.80 Å². The monoisotopic (exact) mass is 201 g/mol. The van der Waals surface area contributed by atoms with E-state index in [0.717, 1.165) is 19.6 Å². The Labute approximate surface area is 90.0 Å². The van der Waals surface area contributed by atoms with Gasteiger partial charge in [0, 0.05) is 26.7 Å². The number of aliphatic imine (C=N–C) groups is 1. The lowest BCUT2D eigenvalue weighted by atomic mass is 10.1. The highest BCUT2D eigenvalue weighted by Gasteiger charge is 2.32. The van der Waals surface area contributed by atoms with Crippen molar-refractivity contribution in [2.75, 3.05) is 26.7 Å². The maximum atomic E-state index is 4.77. The normalized spacial score (nSPS) is 24.3. The van der Waals surface area contributed by atoms with Gasteiger partial charge in [0.15, 0.2) is 5.96 Å². The Morgan fingerprint density at radius 3 is 2.73 bits per heavy atom. The smallest absolute Gasteiger partial charge is 0.197 e. The van der Waals surface area contributed by atoms with Crippen LogP contribution in [0, 0.1) is 0 Å². The van der Waals surface area contributed by atoms with Crippen molar-refractivity contribution in [3.8, 4) is 0 Å². The molecule has 1 aromatic rings. The quantitative estimate of drug-likeness (QED) is 0.683. The Bertz CT molecular complexity index is 385. The molecule has 3 rings (SSSR count). The minimum absolute atomic E-state index is 0.337. The highest BCUT2D eigenvalue weighted by atomic mass is 15.5. The van der Waals surface area contributed by atoms with Crippen molar-refractivity contribution in [2.45, 2.75) is 6.04 Å². The number of benzene rings is 1. The molecule has 2 aliphatic heterocycles. The molecule has 2 heterocycles. The fraction of sp³-hybridized carbons (Fsp3) is 0.417. The molecule has 0 spiro atoms. The van der Waals surface area contributed by atoms with Crippen LogP contribution in [0.15, 0.2) is 35.3 Å². The van der Waals surface area contributed by atoms with Crippen LogP contribution in [0.4, 0.5) is 0 Å². The number of likely N-dealkylation sites (N-methyl/N-ethyl adjacent to an activating group) is 1. The summed E-state index contributed by atoms with van der Waals surface area (Å²) >= 11 is 0. The van der Waals surface area contributed by atoms with Crippen molar-refractivity contribution < 1.29 is 0 Å². The highest BCUT2D eigenvalue weighted by molar-refractivity contribution is 5.83. The molecule has 0 bridgehead atoms. The van der Waals surface area contributed by atoms with Crippen LogP contribution < -0.4 is 0 Å². The molecule has 0 aliphatic carbocycles. The van der Waals surface area contributed by atoms with Crippen molar-refractivity contribution >= 4 is 5.96 Å². The largest absolute Gasteiger partial charge is 0.344 e. The second-order valence-corrected chi connectivity index (χ2v) is 4.22. The molecule has 3 nitrogen and oxygen atoms in total. The average Bonchev–Trinajstić information content (AvgIpc) is 2.83. The molecule has 0 saturated carbocycles. The number of rotatable bonds is 1. The Balaban J connectivity index is 1.88. The van der Waals surface area contributed by atoms with E-state index in [1.165, 1.54) is 11.5 Å². The summed E-state index contributed by atoms with van der Waals surface area (Å²) in [5.41, 5.74) is 1.33. The molecular formula is C12H15N3. The number of hydrogen-bond donors (Lipinski definition) is 0. The van der Waals surface area contributed by atoms with Gasteiger partial charge in [-0.2, -0.15) is 0 Å². The fourth-order valence-corrected chi connectivity index (χ4v) is 2.31. The van der Waals surface area contributed by atoms with E-state index in [1.807, 2.05) is 0 Å². The minimum Gasteiger partial charge on any atom is -0.344 e. The van der Waals surface area contributed by atoms with Gasteiger partial charge in [-0.3, -0.25) is 0 Å². The predicted molar refractivity (Wildman–Crippen MR) is 60.8 cm³/mol. The molecule has 3 heteroatoms. The maximum Gasteiger partial charge on any atom is 0.197 e. The fourth-order valence-electron chi connectivity index (χ4n) is 2.31. The van der Waals surface area contributed by atoms with Crippen LogP contribution in [0.2, 0.25) is 0 Å². The maximum absolute atomic E-state index is 4.77. The van der Waals surface area contributed by atoms with Gasteiger partial charge in [0.1, 0.15) is 0 Å². The molecule has 1 atom stereocenters. The molecule has 1 unspecified atom stereocenters. The molecule has 0 radical (unpaired) electrons. The second-order valence-electron chi connectivity index (χ2n) is 4.22. The van der Waals surface area contributed by atoms with Gasteiger partial charge in [0.2, 0.25) is 0 Å². The minimum atomic E-state index is 0.337. The Morgan fingerprint density at radius 1 is 1.20 bits per heavy atom. The lowest BCUT2D eigenvalue weighted by Gasteiger charge is -2.12. The first-order valence-corrected chi connectivity index (χ1v) is 5.43. The third-order valence-corrected chi connectivity index (χ3v) is 3.18. The molecule has 1 saturated heterocycles. The van der Waals surface area contributed by atoms with Crippen LogP contribution in [-0.2, 0) is 0 Å². The zero-order valence-electron chi connectivity index (χ0n) is 8.93. The van der Waals surface area contributed by atoms with Crippen molar-refractivity contribution in [1.82, 2.24) is 9.80 Å². The number of hydrogen-bond acceptors (Lipinski definition) is 3. The summed E-state index contributed by atoms with van der Waals surface area (Å²) in [5, 5.41) is 0. The molecule has 78 valence electrons. The van der Waals surface area contributed by atoms with E-state index >= 15 is 0 Å². The van der Waals surface area contributed by atoms with Crippen LogP contribution in [0.1, 0.15) is 11.6 Å². The SMILES string of the molecule is CN1CCN2CC(c3ccccc3)N=C12. The van der Waals surface area contributed by atoms with E-state index in [1.54, 1.807) is 0 Å². The van der Waals surface area contributed by atoms with Crippen LogP contribution in [0.3, 0.4) is 0 Å². The topological polar surface area (TPSA) is 18.8 Å². The van der Waals surface area contributed by atoms with Gasteiger partial charge in [0.25, 0.3) is 0 Å². The number of guanidine groups is 1. The van der Waals surface area contributed by atoms with Gasteiger partial charge in [-0.1, -0.05) is 30.3 Å². The third kappa shape index (κ3) is 1.39. The molecule has 0 aromatic heterocycles. The van der Waals surface area contributed by atoms with Gasteiger partial charge in [-0.05, 0) is 5.56 Å². The van der Waals surface area contributed by atoms with Crippen molar-refractivity contribution in [3.05, 3.63) is 35.9 Å². The summed E-state index contributed by atoms with van der Waals surface area (Å²) in [7, 11) is 2.12. The summed E-state index contributed by atoms with van der Waals surface area (Å²) < 4.78 is 0. The van der Waals surface area contributed by atoms with E-state index < -0.39 is 0 Å². The van der Waals surface area contributed by atoms with E-state index in [4.69, 9.17) is 4.99 Å². The van der Waals surface area contributed by atoms with Crippen molar-refractivity contribution in [1.29, 1.82) is 0 Å². The van der Waals surface area contributed by atoms with E-state index in [9.17, 15) is 0 Å². The molecule has 0 amide bonds. The Morgan fingerprint density at radius 2 is 2.00 bits per heavy atom. The molecule has 1 fully saturated rings. The van der Waals surface area contributed by atoms with Gasteiger partial charge in [-0.25, -0.2) is 4.99 Å². The standard InChI is InChI=1S/C12H15N3/c1-14-7-8-15-9-11(13-12(14)15)10-5-3-2-4-6-10/h2-6,11H,7-9H2,1H3. The number of fused-ring (bicyclic) bond motifs is 1. The Kier molecular flexibility index (Phi) is 1.91. The molecular weight excluding hydrogens is 186 g/mol. The summed E-state index contributed by atoms with van der Waals surface area (Å²) in [5.74, 6) is 1.17. The van der Waals surface area contributed by atoms with Gasteiger partial charge in [-0.15, -0.1) is 0 Å². The summed E-state index contributed by atoms with van der Waals surface area (Å²) in [6.07, 6.45) is 0. The van der Waals surface area contributed by atoms with Crippen molar-refractivity contribution in [2.24, 2.45) is 4.99 Å². The lowest BCUT2D eigenvalue weighted by molar-refractivity contribution is 0.459. The van der Waals surface area contributed by atoms with Crippen LogP contribution >= 0.6 is 0 Å². The summed E-state index contributed by atoms with van der Waals surface area (Å²) in [4.78, 5) is 9.38. The molecule has 0 N–H and O–H groups in total. The molecule has 15 heavy (non-hydrogen) atoms. The first-order valence-electron chi connectivity index (χ1n) is 5.43. The molecule has 2 aliphatic rings. The predicted octanol–water partition coefficient (Wildman–Crippen LogP) is 1.34. The second kappa shape index (κ2) is 3.26. The van der Waals surface area contributed by atoms with Crippen LogP contribution in [-0.4, -0.2) is 42.4 Å². The van der Waals surface area contributed by atoms with Crippen molar-refractivity contribution in [3.63, 3.8) is 0 Å². The van der Waals surface area contributed by atoms with Crippen LogP contribution in [0.5, 0.6) is 0 Å².